The molecule has 0 saturated carbocycles. The Morgan fingerprint density at radius 1 is 1.23 bits per heavy atom. The average Bonchev–Trinajstić information content (AvgIpc) is 2.49. The first-order chi connectivity index (χ1) is 10.6. The first kappa shape index (κ1) is 17.0. The van der Waals surface area contributed by atoms with Crippen LogP contribution in [0.2, 0.25) is 10.0 Å². The molecule has 0 unspecified atom stereocenters. The number of hydrogen-bond donors (Lipinski definition) is 1. The molecule has 0 aliphatic heterocycles. The number of thioether (sulfide) groups is 1. The van der Waals surface area contributed by atoms with Crippen LogP contribution in [-0.2, 0) is 4.79 Å². The fourth-order valence-electron chi connectivity index (χ4n) is 1.81. The monoisotopic (exact) mass is 355 g/mol. The Hall–Kier alpha value is -1.36. The van der Waals surface area contributed by atoms with Gasteiger partial charge in [-0.2, -0.15) is 0 Å². The molecule has 1 amide bonds. The van der Waals surface area contributed by atoms with E-state index in [1.54, 1.807) is 37.1 Å². The lowest BCUT2D eigenvalue weighted by Crippen LogP contribution is -2.13. The SMILES string of the molecule is COc1ccc(Cl)cc1NC(=O)CCSc1ccccc1Cl. The molecular weight excluding hydrogens is 341 g/mol. The van der Waals surface area contributed by atoms with Crippen molar-refractivity contribution in [2.24, 2.45) is 0 Å². The van der Waals surface area contributed by atoms with E-state index in [2.05, 4.69) is 5.32 Å². The van der Waals surface area contributed by atoms with E-state index in [1.165, 1.54) is 0 Å². The number of anilines is 1. The smallest absolute Gasteiger partial charge is 0.225 e. The normalized spacial score (nSPS) is 10.3. The summed E-state index contributed by atoms with van der Waals surface area (Å²) in [5, 5.41) is 4.05. The molecule has 22 heavy (non-hydrogen) atoms. The topological polar surface area (TPSA) is 38.3 Å². The molecule has 0 atom stereocenters. The third kappa shape index (κ3) is 4.83. The second kappa shape index (κ2) is 8.32. The summed E-state index contributed by atoms with van der Waals surface area (Å²) in [6, 6.07) is 12.7. The number of carbonyl (C=O) groups is 1. The maximum Gasteiger partial charge on any atom is 0.225 e. The van der Waals surface area contributed by atoms with Crippen LogP contribution >= 0.6 is 35.0 Å². The van der Waals surface area contributed by atoms with Crippen LogP contribution in [0.15, 0.2) is 47.4 Å². The lowest BCUT2D eigenvalue weighted by Gasteiger charge is -2.10. The van der Waals surface area contributed by atoms with E-state index >= 15 is 0 Å². The first-order valence-electron chi connectivity index (χ1n) is 6.61. The Kier molecular flexibility index (Phi) is 6.43. The minimum atomic E-state index is -0.0971. The number of nitrogens with one attached hydrogen (secondary N) is 1. The Labute approximate surface area is 144 Å². The lowest BCUT2D eigenvalue weighted by atomic mass is 10.3. The van der Waals surface area contributed by atoms with Crippen molar-refractivity contribution < 1.29 is 9.53 Å². The summed E-state index contributed by atoms with van der Waals surface area (Å²) in [5.74, 6) is 1.12. The molecule has 0 bridgehead atoms. The summed E-state index contributed by atoms with van der Waals surface area (Å²) in [6.07, 6.45) is 0.367. The first-order valence-corrected chi connectivity index (χ1v) is 8.35. The number of amides is 1. The molecule has 6 heteroatoms. The molecule has 0 heterocycles. The minimum absolute atomic E-state index is 0.0971. The molecule has 0 spiro atoms. The summed E-state index contributed by atoms with van der Waals surface area (Å²) >= 11 is 13.6. The van der Waals surface area contributed by atoms with E-state index < -0.39 is 0 Å². The quantitative estimate of drug-likeness (QED) is 0.730. The molecule has 2 aromatic carbocycles. The van der Waals surface area contributed by atoms with Gasteiger partial charge in [-0.15, -0.1) is 11.8 Å². The third-order valence-electron chi connectivity index (χ3n) is 2.86. The molecule has 0 fully saturated rings. The van der Waals surface area contributed by atoms with Crippen LogP contribution in [0.4, 0.5) is 5.69 Å². The number of ether oxygens (including phenoxy) is 1. The van der Waals surface area contributed by atoms with E-state index in [0.717, 1.165) is 4.90 Å². The van der Waals surface area contributed by atoms with Gasteiger partial charge in [-0.05, 0) is 30.3 Å². The van der Waals surface area contributed by atoms with E-state index in [4.69, 9.17) is 27.9 Å². The molecule has 1 N–H and O–H groups in total. The standard InChI is InChI=1S/C16H15Cl2NO2S/c1-21-14-7-6-11(17)10-13(14)19-16(20)8-9-22-15-5-3-2-4-12(15)18/h2-7,10H,8-9H2,1H3,(H,19,20). The van der Waals surface area contributed by atoms with E-state index in [0.29, 0.717) is 33.7 Å². The largest absolute Gasteiger partial charge is 0.495 e. The van der Waals surface area contributed by atoms with Gasteiger partial charge in [0.15, 0.2) is 0 Å². The van der Waals surface area contributed by atoms with Crippen molar-refractivity contribution in [3.63, 3.8) is 0 Å². The van der Waals surface area contributed by atoms with Crippen molar-refractivity contribution in [2.75, 3.05) is 18.2 Å². The summed E-state index contributed by atoms with van der Waals surface area (Å²) in [4.78, 5) is 13.0. The Morgan fingerprint density at radius 2 is 2.00 bits per heavy atom. The summed E-state index contributed by atoms with van der Waals surface area (Å²) in [5.41, 5.74) is 0.572. The van der Waals surface area contributed by atoms with Crippen molar-refractivity contribution in [3.05, 3.63) is 52.5 Å². The molecule has 0 aromatic heterocycles. The van der Waals surface area contributed by atoms with Crippen LogP contribution in [0.3, 0.4) is 0 Å². The molecule has 116 valence electrons. The van der Waals surface area contributed by atoms with Gasteiger partial charge in [0.25, 0.3) is 0 Å². The van der Waals surface area contributed by atoms with Gasteiger partial charge in [0, 0.05) is 22.1 Å². The van der Waals surface area contributed by atoms with Gasteiger partial charge in [0.05, 0.1) is 17.8 Å². The van der Waals surface area contributed by atoms with Crippen LogP contribution in [0.5, 0.6) is 5.75 Å². The van der Waals surface area contributed by atoms with Crippen LogP contribution < -0.4 is 10.1 Å². The second-order valence-electron chi connectivity index (χ2n) is 4.42. The number of rotatable bonds is 6. The zero-order chi connectivity index (χ0) is 15.9. The molecule has 2 rings (SSSR count). The van der Waals surface area contributed by atoms with Crippen molar-refractivity contribution in [2.45, 2.75) is 11.3 Å². The van der Waals surface area contributed by atoms with Gasteiger partial charge >= 0.3 is 0 Å². The predicted molar refractivity (Wildman–Crippen MR) is 93.4 cm³/mol. The zero-order valence-electron chi connectivity index (χ0n) is 11.9. The predicted octanol–water partition coefficient (Wildman–Crippen LogP) is 5.12. The maximum absolute atomic E-state index is 12.0. The van der Waals surface area contributed by atoms with Crippen molar-refractivity contribution in [1.29, 1.82) is 0 Å². The molecule has 0 aliphatic carbocycles. The van der Waals surface area contributed by atoms with Crippen molar-refractivity contribution >= 4 is 46.6 Å². The van der Waals surface area contributed by atoms with Gasteiger partial charge < -0.3 is 10.1 Å². The number of methoxy groups -OCH3 is 1. The van der Waals surface area contributed by atoms with Crippen LogP contribution in [0.1, 0.15) is 6.42 Å². The number of benzene rings is 2. The molecule has 0 aliphatic rings. The summed E-state index contributed by atoms with van der Waals surface area (Å²) < 4.78 is 5.19. The third-order valence-corrected chi connectivity index (χ3v) is 4.61. The number of halogens is 2. The highest BCUT2D eigenvalue weighted by molar-refractivity contribution is 7.99. The van der Waals surface area contributed by atoms with Crippen LogP contribution in [-0.4, -0.2) is 18.8 Å². The van der Waals surface area contributed by atoms with E-state index in [9.17, 15) is 4.79 Å². The highest BCUT2D eigenvalue weighted by atomic mass is 35.5. The highest BCUT2D eigenvalue weighted by Gasteiger charge is 2.09. The van der Waals surface area contributed by atoms with E-state index in [-0.39, 0.29) is 5.91 Å². The molecule has 0 radical (unpaired) electrons. The summed E-state index contributed by atoms with van der Waals surface area (Å²) in [7, 11) is 1.55. The number of hydrogen-bond acceptors (Lipinski definition) is 3. The van der Waals surface area contributed by atoms with Crippen LogP contribution in [0.25, 0.3) is 0 Å². The average molecular weight is 356 g/mol. The highest BCUT2D eigenvalue weighted by Crippen LogP contribution is 2.29. The maximum atomic E-state index is 12.0. The number of carbonyl (C=O) groups excluding carboxylic acids is 1. The van der Waals surface area contributed by atoms with Crippen molar-refractivity contribution in [1.82, 2.24) is 0 Å². The molecular formula is C16H15Cl2NO2S. The van der Waals surface area contributed by atoms with Gasteiger partial charge in [-0.1, -0.05) is 35.3 Å². The van der Waals surface area contributed by atoms with Gasteiger partial charge in [0.1, 0.15) is 5.75 Å². The lowest BCUT2D eigenvalue weighted by molar-refractivity contribution is -0.115. The Bertz CT molecular complexity index is 664. The van der Waals surface area contributed by atoms with E-state index in [1.807, 2.05) is 24.3 Å². The van der Waals surface area contributed by atoms with Gasteiger partial charge in [0.2, 0.25) is 5.91 Å². The Balaban J connectivity index is 1.88. The minimum Gasteiger partial charge on any atom is -0.495 e. The summed E-state index contributed by atoms with van der Waals surface area (Å²) in [6.45, 7) is 0. The molecule has 2 aromatic rings. The van der Waals surface area contributed by atoms with Crippen molar-refractivity contribution in [3.8, 4) is 5.75 Å². The fraction of sp³-hybridized carbons (Fsp3) is 0.188. The molecule has 3 nitrogen and oxygen atoms in total. The van der Waals surface area contributed by atoms with Gasteiger partial charge in [-0.3, -0.25) is 4.79 Å². The fourth-order valence-corrected chi connectivity index (χ4v) is 3.17. The second-order valence-corrected chi connectivity index (χ2v) is 6.40. The molecule has 0 saturated heterocycles. The Morgan fingerprint density at radius 3 is 2.73 bits per heavy atom. The van der Waals surface area contributed by atoms with Crippen LogP contribution in [0, 0.1) is 0 Å². The zero-order valence-corrected chi connectivity index (χ0v) is 14.3. The van der Waals surface area contributed by atoms with Gasteiger partial charge in [-0.25, -0.2) is 0 Å².